The molecule has 1 heterocycles. The van der Waals surface area contributed by atoms with Crippen LogP contribution in [0.15, 0.2) is 0 Å². The van der Waals surface area contributed by atoms with Crippen LogP contribution in [0.5, 0.6) is 0 Å². The Morgan fingerprint density at radius 2 is 2.29 bits per heavy atom. The van der Waals surface area contributed by atoms with Crippen molar-refractivity contribution < 1.29 is 14.7 Å². The molecule has 1 saturated heterocycles. The average molecular weight is 235 g/mol. The lowest BCUT2D eigenvalue weighted by Gasteiger charge is -2.22. The summed E-state index contributed by atoms with van der Waals surface area (Å²) in [7, 11) is 0. The zero-order chi connectivity index (χ0) is 10.7. The standard InChI is InChI=1S/C8H13NO3S2/c10-7-1-5(3-13)2-9(7)6(4-14)8(11)12/h5-6,13-14H,1-4H2,(H,11,12). The first kappa shape index (κ1) is 11.7. The van der Waals surface area contributed by atoms with Crippen molar-refractivity contribution in [2.24, 2.45) is 5.92 Å². The second-order valence-corrected chi connectivity index (χ2v) is 4.07. The molecule has 1 N–H and O–H groups in total. The Labute approximate surface area is 93.5 Å². The molecule has 0 radical (unpaired) electrons. The van der Waals surface area contributed by atoms with Crippen LogP contribution in [-0.2, 0) is 9.59 Å². The van der Waals surface area contributed by atoms with Crippen molar-refractivity contribution in [3.8, 4) is 0 Å². The van der Waals surface area contributed by atoms with Gasteiger partial charge in [0.2, 0.25) is 5.91 Å². The van der Waals surface area contributed by atoms with Crippen LogP contribution in [0.4, 0.5) is 0 Å². The van der Waals surface area contributed by atoms with Gasteiger partial charge in [-0.05, 0) is 11.7 Å². The predicted molar refractivity (Wildman–Crippen MR) is 58.9 cm³/mol. The van der Waals surface area contributed by atoms with E-state index in [4.69, 9.17) is 5.11 Å². The molecule has 2 unspecified atom stereocenters. The number of likely N-dealkylation sites (tertiary alicyclic amines) is 1. The number of amides is 1. The van der Waals surface area contributed by atoms with E-state index in [0.29, 0.717) is 18.7 Å². The van der Waals surface area contributed by atoms with E-state index in [0.717, 1.165) is 0 Å². The fraction of sp³-hybridized carbons (Fsp3) is 0.750. The number of carboxylic acid groups (broad SMARTS) is 1. The zero-order valence-electron chi connectivity index (χ0n) is 7.59. The van der Waals surface area contributed by atoms with E-state index in [1.165, 1.54) is 4.90 Å². The van der Waals surface area contributed by atoms with E-state index in [2.05, 4.69) is 25.3 Å². The van der Waals surface area contributed by atoms with Gasteiger partial charge in [0.15, 0.2) is 0 Å². The van der Waals surface area contributed by atoms with Gasteiger partial charge in [-0.15, -0.1) is 0 Å². The van der Waals surface area contributed by atoms with Gasteiger partial charge in [-0.3, -0.25) is 4.79 Å². The molecule has 0 aromatic heterocycles. The van der Waals surface area contributed by atoms with E-state index in [9.17, 15) is 9.59 Å². The van der Waals surface area contributed by atoms with Crippen LogP contribution in [0.25, 0.3) is 0 Å². The fourth-order valence-corrected chi connectivity index (χ4v) is 2.14. The van der Waals surface area contributed by atoms with Crippen LogP contribution in [-0.4, -0.2) is 46.0 Å². The lowest BCUT2D eigenvalue weighted by atomic mass is 10.1. The van der Waals surface area contributed by atoms with E-state index >= 15 is 0 Å². The van der Waals surface area contributed by atoms with E-state index in [1.807, 2.05) is 0 Å². The van der Waals surface area contributed by atoms with Gasteiger partial charge >= 0.3 is 5.97 Å². The SMILES string of the molecule is O=C(O)C(CS)N1CC(CS)CC1=O. The lowest BCUT2D eigenvalue weighted by molar-refractivity contribution is -0.147. The molecule has 0 aromatic rings. The quantitative estimate of drug-likeness (QED) is 0.608. The lowest BCUT2D eigenvalue weighted by Crippen LogP contribution is -2.43. The Bertz CT molecular complexity index is 247. The summed E-state index contributed by atoms with van der Waals surface area (Å²) < 4.78 is 0. The number of rotatable bonds is 4. The van der Waals surface area contributed by atoms with Crippen molar-refractivity contribution in [3.63, 3.8) is 0 Å². The highest BCUT2D eigenvalue weighted by atomic mass is 32.1. The smallest absolute Gasteiger partial charge is 0.327 e. The predicted octanol–water partition coefficient (Wildman–Crippen LogP) is 0.148. The molecule has 0 aromatic carbocycles. The molecule has 0 aliphatic carbocycles. The maximum atomic E-state index is 11.4. The fourth-order valence-electron chi connectivity index (χ4n) is 1.54. The minimum Gasteiger partial charge on any atom is -0.480 e. The summed E-state index contributed by atoms with van der Waals surface area (Å²) >= 11 is 8.04. The molecule has 1 rings (SSSR count). The third-order valence-corrected chi connectivity index (χ3v) is 3.19. The first-order chi connectivity index (χ1) is 6.60. The number of hydrogen-bond acceptors (Lipinski definition) is 4. The van der Waals surface area contributed by atoms with Gasteiger partial charge < -0.3 is 10.0 Å². The molecule has 6 heteroatoms. The third kappa shape index (κ3) is 2.36. The van der Waals surface area contributed by atoms with Crippen molar-refractivity contribution in [2.45, 2.75) is 12.5 Å². The van der Waals surface area contributed by atoms with Gasteiger partial charge in [0.1, 0.15) is 6.04 Å². The third-order valence-electron chi connectivity index (χ3n) is 2.33. The summed E-state index contributed by atoms with van der Waals surface area (Å²) in [5.74, 6) is -0.159. The van der Waals surface area contributed by atoms with Gasteiger partial charge in [-0.2, -0.15) is 25.3 Å². The maximum absolute atomic E-state index is 11.4. The molecule has 80 valence electrons. The van der Waals surface area contributed by atoms with Crippen LogP contribution < -0.4 is 0 Å². The number of carboxylic acids is 1. The van der Waals surface area contributed by atoms with Gasteiger partial charge in [0.05, 0.1) is 0 Å². The van der Waals surface area contributed by atoms with Gasteiger partial charge in [-0.1, -0.05) is 0 Å². The molecule has 1 aliphatic heterocycles. The molecule has 1 aliphatic rings. The molecular weight excluding hydrogens is 222 g/mol. The number of carbonyl (C=O) groups is 2. The van der Waals surface area contributed by atoms with Crippen LogP contribution in [0, 0.1) is 5.92 Å². The number of nitrogens with zero attached hydrogens (tertiary/aromatic N) is 1. The highest BCUT2D eigenvalue weighted by Gasteiger charge is 2.36. The number of hydrogen-bond donors (Lipinski definition) is 3. The summed E-state index contributed by atoms with van der Waals surface area (Å²) in [4.78, 5) is 23.6. The Morgan fingerprint density at radius 1 is 1.64 bits per heavy atom. The normalized spacial score (nSPS) is 24.0. The molecule has 0 bridgehead atoms. The van der Waals surface area contributed by atoms with Crippen LogP contribution in [0.1, 0.15) is 6.42 Å². The molecule has 1 fully saturated rings. The van der Waals surface area contributed by atoms with Crippen molar-refractivity contribution in [3.05, 3.63) is 0 Å². The number of carbonyl (C=O) groups excluding carboxylic acids is 1. The van der Waals surface area contributed by atoms with E-state index in [-0.39, 0.29) is 17.6 Å². The Hall–Kier alpha value is -0.360. The molecule has 0 saturated carbocycles. The summed E-state index contributed by atoms with van der Waals surface area (Å²) in [6, 6.07) is -0.796. The second-order valence-electron chi connectivity index (χ2n) is 3.34. The highest BCUT2D eigenvalue weighted by molar-refractivity contribution is 7.80. The average Bonchev–Trinajstić information content (AvgIpc) is 2.48. The van der Waals surface area contributed by atoms with Gasteiger partial charge in [0, 0.05) is 18.7 Å². The Balaban J connectivity index is 2.68. The topological polar surface area (TPSA) is 57.6 Å². The van der Waals surface area contributed by atoms with Crippen LogP contribution in [0.2, 0.25) is 0 Å². The summed E-state index contributed by atoms with van der Waals surface area (Å²) in [5, 5.41) is 8.85. The van der Waals surface area contributed by atoms with Crippen LogP contribution >= 0.6 is 25.3 Å². The molecule has 2 atom stereocenters. The largest absolute Gasteiger partial charge is 0.480 e. The number of thiol groups is 2. The van der Waals surface area contributed by atoms with Gasteiger partial charge in [-0.25, -0.2) is 4.79 Å². The van der Waals surface area contributed by atoms with E-state index < -0.39 is 12.0 Å². The molecule has 14 heavy (non-hydrogen) atoms. The maximum Gasteiger partial charge on any atom is 0.327 e. The molecule has 4 nitrogen and oxygen atoms in total. The molecule has 0 spiro atoms. The van der Waals surface area contributed by atoms with Gasteiger partial charge in [0.25, 0.3) is 0 Å². The molecule has 1 amide bonds. The van der Waals surface area contributed by atoms with Crippen molar-refractivity contribution >= 4 is 37.1 Å². The summed E-state index contributed by atoms with van der Waals surface area (Å²) in [5.41, 5.74) is 0. The first-order valence-electron chi connectivity index (χ1n) is 4.34. The van der Waals surface area contributed by atoms with Crippen molar-refractivity contribution in [2.75, 3.05) is 18.1 Å². The Morgan fingerprint density at radius 3 is 2.64 bits per heavy atom. The van der Waals surface area contributed by atoms with Crippen molar-refractivity contribution in [1.82, 2.24) is 4.90 Å². The summed E-state index contributed by atoms with van der Waals surface area (Å²) in [6.07, 6.45) is 0.404. The summed E-state index contributed by atoms with van der Waals surface area (Å²) in [6.45, 7) is 0.486. The van der Waals surface area contributed by atoms with Crippen LogP contribution in [0.3, 0.4) is 0 Å². The monoisotopic (exact) mass is 235 g/mol. The van der Waals surface area contributed by atoms with E-state index in [1.54, 1.807) is 0 Å². The number of aliphatic carboxylic acids is 1. The first-order valence-corrected chi connectivity index (χ1v) is 5.60. The minimum atomic E-state index is -0.992. The second kappa shape index (κ2) is 4.93. The van der Waals surface area contributed by atoms with Crippen molar-refractivity contribution in [1.29, 1.82) is 0 Å². The Kier molecular flexibility index (Phi) is 4.12. The zero-order valence-corrected chi connectivity index (χ0v) is 9.38. The highest BCUT2D eigenvalue weighted by Crippen LogP contribution is 2.21. The molecular formula is C8H13NO3S2. The minimum absolute atomic E-state index is 0.106.